The number of carbonyl (C=O) groups is 1. The van der Waals surface area contributed by atoms with E-state index in [2.05, 4.69) is 19.2 Å². The Labute approximate surface area is 122 Å². The van der Waals surface area contributed by atoms with Crippen molar-refractivity contribution in [1.82, 2.24) is 5.32 Å². The zero-order valence-corrected chi connectivity index (χ0v) is 13.2. The molecule has 4 saturated carbocycles. The minimum atomic E-state index is -0.123. The molecule has 3 nitrogen and oxygen atoms in total. The van der Waals surface area contributed by atoms with Crippen molar-refractivity contribution >= 4 is 5.91 Å². The SMILES string of the molecule is C[C@H](CO)NC(=O)CC12CC3CC(C)(CC(C)(C3)C1)C2. The minimum absolute atomic E-state index is 0.0246. The summed E-state index contributed by atoms with van der Waals surface area (Å²) in [7, 11) is 0. The van der Waals surface area contributed by atoms with Gasteiger partial charge in [-0.15, -0.1) is 0 Å². The first-order chi connectivity index (χ1) is 9.26. The predicted molar refractivity (Wildman–Crippen MR) is 79.1 cm³/mol. The fourth-order valence-electron chi connectivity index (χ4n) is 6.59. The molecule has 1 amide bonds. The van der Waals surface area contributed by atoms with Gasteiger partial charge < -0.3 is 10.4 Å². The van der Waals surface area contributed by atoms with Crippen LogP contribution in [0.2, 0.25) is 0 Å². The highest BCUT2D eigenvalue weighted by Gasteiger charge is 2.60. The van der Waals surface area contributed by atoms with Crippen molar-refractivity contribution < 1.29 is 9.90 Å². The second-order valence-corrected chi connectivity index (χ2v) is 8.96. The van der Waals surface area contributed by atoms with Crippen molar-refractivity contribution in [3.05, 3.63) is 0 Å². The van der Waals surface area contributed by atoms with Crippen LogP contribution in [0.3, 0.4) is 0 Å². The van der Waals surface area contributed by atoms with Gasteiger partial charge in [0.05, 0.1) is 6.61 Å². The fourth-order valence-corrected chi connectivity index (χ4v) is 6.59. The zero-order chi connectivity index (χ0) is 14.6. The van der Waals surface area contributed by atoms with Gasteiger partial charge in [0.1, 0.15) is 0 Å². The number of carbonyl (C=O) groups excluding carboxylic acids is 1. The van der Waals surface area contributed by atoms with Gasteiger partial charge in [0.15, 0.2) is 0 Å². The van der Waals surface area contributed by atoms with E-state index >= 15 is 0 Å². The minimum Gasteiger partial charge on any atom is -0.394 e. The number of amides is 1. The van der Waals surface area contributed by atoms with Gasteiger partial charge in [0.2, 0.25) is 5.91 Å². The van der Waals surface area contributed by atoms with Gasteiger partial charge in [-0.2, -0.15) is 0 Å². The lowest BCUT2D eigenvalue weighted by Crippen LogP contribution is -2.56. The lowest BCUT2D eigenvalue weighted by atomic mass is 9.40. The molecule has 0 heterocycles. The first-order valence-electron chi connectivity index (χ1n) is 8.16. The molecule has 0 aromatic heterocycles. The van der Waals surface area contributed by atoms with Crippen molar-refractivity contribution in [2.24, 2.45) is 22.2 Å². The average Bonchev–Trinajstić information content (AvgIpc) is 2.22. The normalized spacial score (nSPS) is 47.3. The number of aliphatic hydroxyl groups excluding tert-OH is 1. The van der Waals surface area contributed by atoms with Crippen LogP contribution in [0.5, 0.6) is 0 Å². The van der Waals surface area contributed by atoms with Gasteiger partial charge in [0, 0.05) is 12.5 Å². The van der Waals surface area contributed by atoms with Crippen LogP contribution in [0, 0.1) is 22.2 Å². The largest absolute Gasteiger partial charge is 0.394 e. The maximum absolute atomic E-state index is 12.3. The molecular weight excluding hydrogens is 250 g/mol. The summed E-state index contributed by atoms with van der Waals surface area (Å²) >= 11 is 0. The average molecular weight is 279 g/mol. The summed E-state index contributed by atoms with van der Waals surface area (Å²) < 4.78 is 0. The van der Waals surface area contributed by atoms with E-state index in [9.17, 15) is 4.79 Å². The first-order valence-corrected chi connectivity index (χ1v) is 8.16. The summed E-state index contributed by atoms with van der Waals surface area (Å²) in [5, 5.41) is 12.0. The van der Waals surface area contributed by atoms with Crippen molar-refractivity contribution in [2.75, 3.05) is 6.61 Å². The van der Waals surface area contributed by atoms with Gasteiger partial charge >= 0.3 is 0 Å². The zero-order valence-electron chi connectivity index (χ0n) is 13.2. The Balaban J connectivity index is 1.74. The van der Waals surface area contributed by atoms with Crippen molar-refractivity contribution in [3.8, 4) is 0 Å². The van der Waals surface area contributed by atoms with E-state index in [-0.39, 0.29) is 24.0 Å². The molecule has 3 atom stereocenters. The molecule has 4 aliphatic rings. The van der Waals surface area contributed by atoms with Crippen molar-refractivity contribution in [2.45, 2.75) is 71.8 Å². The fraction of sp³-hybridized carbons (Fsp3) is 0.941. The van der Waals surface area contributed by atoms with E-state index < -0.39 is 0 Å². The quantitative estimate of drug-likeness (QED) is 0.831. The molecule has 4 aliphatic carbocycles. The Morgan fingerprint density at radius 2 is 1.80 bits per heavy atom. The third-order valence-electron chi connectivity index (χ3n) is 5.96. The third kappa shape index (κ3) is 2.49. The van der Waals surface area contributed by atoms with Crippen LogP contribution < -0.4 is 5.32 Å². The second kappa shape index (κ2) is 4.46. The van der Waals surface area contributed by atoms with Crippen LogP contribution in [-0.2, 0) is 4.79 Å². The summed E-state index contributed by atoms with van der Waals surface area (Å²) in [4.78, 5) is 12.3. The molecule has 2 N–H and O–H groups in total. The van der Waals surface area contributed by atoms with Crippen LogP contribution in [-0.4, -0.2) is 23.7 Å². The number of aliphatic hydroxyl groups is 1. The van der Waals surface area contributed by atoms with E-state index in [0.29, 0.717) is 17.3 Å². The number of hydrogen-bond donors (Lipinski definition) is 2. The smallest absolute Gasteiger partial charge is 0.220 e. The second-order valence-electron chi connectivity index (χ2n) is 8.96. The molecular formula is C17H29NO2. The molecule has 0 aliphatic heterocycles. The maximum atomic E-state index is 12.3. The maximum Gasteiger partial charge on any atom is 0.220 e. The Kier molecular flexibility index (Phi) is 3.20. The highest BCUT2D eigenvalue weighted by molar-refractivity contribution is 5.77. The summed E-state index contributed by atoms with van der Waals surface area (Å²) in [6.45, 7) is 6.77. The lowest BCUT2D eigenvalue weighted by molar-refractivity contribution is -0.156. The molecule has 4 fully saturated rings. The topological polar surface area (TPSA) is 49.3 Å². The predicted octanol–water partition coefficient (Wildman–Crippen LogP) is 2.87. The Bertz CT molecular complexity index is 401. The van der Waals surface area contributed by atoms with Gasteiger partial charge in [0.25, 0.3) is 0 Å². The Morgan fingerprint density at radius 3 is 2.30 bits per heavy atom. The summed E-state index contributed by atoms with van der Waals surface area (Å²) in [5.41, 5.74) is 1.18. The molecule has 0 spiro atoms. The lowest BCUT2D eigenvalue weighted by Gasteiger charge is -2.65. The number of nitrogens with one attached hydrogen (secondary N) is 1. The monoisotopic (exact) mass is 279 g/mol. The van der Waals surface area contributed by atoms with Crippen LogP contribution >= 0.6 is 0 Å². The summed E-state index contributed by atoms with van der Waals surface area (Å²) in [5.74, 6) is 0.977. The third-order valence-corrected chi connectivity index (χ3v) is 5.96. The molecule has 2 unspecified atom stereocenters. The van der Waals surface area contributed by atoms with Crippen molar-refractivity contribution in [3.63, 3.8) is 0 Å². The number of rotatable bonds is 4. The molecule has 0 aromatic carbocycles. The van der Waals surface area contributed by atoms with Crippen LogP contribution in [0.1, 0.15) is 65.7 Å². The molecule has 3 heteroatoms. The molecule has 114 valence electrons. The van der Waals surface area contributed by atoms with E-state index in [4.69, 9.17) is 5.11 Å². The highest BCUT2D eigenvalue weighted by atomic mass is 16.3. The molecule has 20 heavy (non-hydrogen) atoms. The highest BCUT2D eigenvalue weighted by Crippen LogP contribution is 2.70. The molecule has 0 radical (unpaired) electrons. The standard InChI is InChI=1S/C17H29NO2/c1-12(8-19)18-14(20)7-17-6-13-4-15(2,10-17)9-16(3,5-13)11-17/h12-13,19H,4-11H2,1-3H3,(H,18,20)/t12-,13?,15?,16?,17?/m1/s1. The van der Waals surface area contributed by atoms with Gasteiger partial charge in [-0.25, -0.2) is 0 Å². The summed E-state index contributed by atoms with van der Waals surface area (Å²) in [6, 6.07) is -0.123. The van der Waals surface area contributed by atoms with Gasteiger partial charge in [-0.1, -0.05) is 13.8 Å². The van der Waals surface area contributed by atoms with Crippen molar-refractivity contribution in [1.29, 1.82) is 0 Å². The van der Waals surface area contributed by atoms with E-state index in [1.807, 2.05) is 6.92 Å². The molecule has 0 aromatic rings. The molecule has 0 saturated heterocycles. The first kappa shape index (κ1) is 14.4. The Hall–Kier alpha value is -0.570. The van der Waals surface area contributed by atoms with E-state index in [0.717, 1.165) is 5.92 Å². The van der Waals surface area contributed by atoms with E-state index in [1.54, 1.807) is 0 Å². The van der Waals surface area contributed by atoms with Crippen LogP contribution in [0.15, 0.2) is 0 Å². The van der Waals surface area contributed by atoms with Crippen LogP contribution in [0.25, 0.3) is 0 Å². The van der Waals surface area contributed by atoms with Crippen LogP contribution in [0.4, 0.5) is 0 Å². The number of hydrogen-bond acceptors (Lipinski definition) is 2. The summed E-state index contributed by atoms with van der Waals surface area (Å²) in [6.07, 6.45) is 8.48. The van der Waals surface area contributed by atoms with Gasteiger partial charge in [-0.3, -0.25) is 4.79 Å². The molecule has 4 rings (SSSR count). The van der Waals surface area contributed by atoms with Gasteiger partial charge in [-0.05, 0) is 67.6 Å². The Morgan fingerprint density at radius 1 is 1.20 bits per heavy atom. The van der Waals surface area contributed by atoms with E-state index in [1.165, 1.54) is 38.5 Å². The molecule has 4 bridgehead atoms.